The van der Waals surface area contributed by atoms with Crippen LogP contribution < -0.4 is 0 Å². The number of benzene rings is 1. The third-order valence-corrected chi connectivity index (χ3v) is 2.46. The van der Waals surface area contributed by atoms with Crippen molar-refractivity contribution in [3.8, 4) is 0 Å². The summed E-state index contributed by atoms with van der Waals surface area (Å²) in [7, 11) is 0. The molecule has 16 heavy (non-hydrogen) atoms. The Bertz CT molecular complexity index is 371. The topological polar surface area (TPSA) is 0 Å². The predicted molar refractivity (Wildman–Crippen MR) is 49.6 cm³/mol. The molecule has 0 saturated heterocycles. The maximum absolute atomic E-state index is 13.3. The Balaban J connectivity index is 3.39. The van der Waals surface area contributed by atoms with Crippen molar-refractivity contribution in [1.29, 1.82) is 0 Å². The number of halogens is 5. The van der Waals surface area contributed by atoms with Crippen LogP contribution in [0.1, 0.15) is 38.2 Å². The lowest BCUT2D eigenvalue weighted by molar-refractivity contribution is 0.363. The molecule has 0 radical (unpaired) electrons. The Morgan fingerprint density at radius 1 is 0.812 bits per heavy atom. The summed E-state index contributed by atoms with van der Waals surface area (Å²) in [5.74, 6) is -10.0. The van der Waals surface area contributed by atoms with Crippen LogP contribution in [-0.4, -0.2) is 0 Å². The minimum atomic E-state index is -2.11. The van der Waals surface area contributed by atoms with Gasteiger partial charge in [-0.2, -0.15) is 0 Å². The second-order valence-electron chi connectivity index (χ2n) is 3.67. The Morgan fingerprint density at radius 2 is 1.19 bits per heavy atom. The summed E-state index contributed by atoms with van der Waals surface area (Å²) in [4.78, 5) is 0. The highest BCUT2D eigenvalue weighted by atomic mass is 19.2. The van der Waals surface area contributed by atoms with Crippen molar-refractivity contribution in [3.63, 3.8) is 0 Å². The van der Waals surface area contributed by atoms with E-state index in [9.17, 15) is 22.0 Å². The average molecular weight is 238 g/mol. The number of hydrogen-bond donors (Lipinski definition) is 0. The molecule has 0 aromatic heterocycles. The lowest BCUT2D eigenvalue weighted by Gasteiger charge is -2.14. The van der Waals surface area contributed by atoms with Crippen molar-refractivity contribution in [3.05, 3.63) is 34.6 Å². The van der Waals surface area contributed by atoms with Gasteiger partial charge in [-0.05, 0) is 12.3 Å². The van der Waals surface area contributed by atoms with E-state index in [1.807, 2.05) is 0 Å². The van der Waals surface area contributed by atoms with Crippen LogP contribution in [0, 0.1) is 29.1 Å². The van der Waals surface area contributed by atoms with E-state index in [-0.39, 0.29) is 0 Å². The normalized spacial score (nSPS) is 12.9. The van der Waals surface area contributed by atoms with Crippen molar-refractivity contribution in [1.82, 2.24) is 0 Å². The SMILES string of the molecule is CCCC(C)c1c(F)c(F)c(F)c(F)c1F. The molecule has 0 heterocycles. The van der Waals surface area contributed by atoms with Gasteiger partial charge in [0.25, 0.3) is 0 Å². The fourth-order valence-corrected chi connectivity index (χ4v) is 1.63. The van der Waals surface area contributed by atoms with E-state index in [2.05, 4.69) is 0 Å². The van der Waals surface area contributed by atoms with Crippen molar-refractivity contribution < 1.29 is 22.0 Å². The minimum absolute atomic E-state index is 0.359. The summed E-state index contributed by atoms with van der Waals surface area (Å²) >= 11 is 0. The van der Waals surface area contributed by atoms with Crippen molar-refractivity contribution >= 4 is 0 Å². The molecule has 0 fully saturated rings. The van der Waals surface area contributed by atoms with Gasteiger partial charge in [0.2, 0.25) is 5.82 Å². The first-order valence-corrected chi connectivity index (χ1v) is 4.93. The molecule has 0 bridgehead atoms. The van der Waals surface area contributed by atoms with Crippen LogP contribution in [0.2, 0.25) is 0 Å². The molecule has 0 spiro atoms. The quantitative estimate of drug-likeness (QED) is 0.418. The zero-order valence-corrected chi connectivity index (χ0v) is 8.88. The van der Waals surface area contributed by atoms with Gasteiger partial charge in [-0.1, -0.05) is 20.3 Å². The first kappa shape index (κ1) is 12.9. The van der Waals surface area contributed by atoms with Crippen LogP contribution in [0.5, 0.6) is 0 Å². The monoisotopic (exact) mass is 238 g/mol. The maximum atomic E-state index is 13.3. The lowest BCUT2D eigenvalue weighted by Crippen LogP contribution is -2.09. The smallest absolute Gasteiger partial charge is 0.200 e. The molecule has 0 N–H and O–H groups in total. The molecule has 0 amide bonds. The van der Waals surface area contributed by atoms with E-state index in [0.29, 0.717) is 12.8 Å². The summed E-state index contributed by atoms with van der Waals surface area (Å²) in [6.45, 7) is 3.20. The largest absolute Gasteiger partial charge is 0.203 e. The maximum Gasteiger partial charge on any atom is 0.200 e. The highest BCUT2D eigenvalue weighted by molar-refractivity contribution is 5.26. The molecular formula is C11H11F5. The lowest BCUT2D eigenvalue weighted by atomic mass is 9.95. The van der Waals surface area contributed by atoms with Gasteiger partial charge in [0.1, 0.15) is 0 Å². The average Bonchev–Trinajstić information content (AvgIpc) is 2.24. The highest BCUT2D eigenvalue weighted by Gasteiger charge is 2.27. The third-order valence-electron chi connectivity index (χ3n) is 2.46. The number of hydrogen-bond acceptors (Lipinski definition) is 0. The van der Waals surface area contributed by atoms with Crippen molar-refractivity contribution in [2.45, 2.75) is 32.6 Å². The van der Waals surface area contributed by atoms with Gasteiger partial charge in [-0.3, -0.25) is 0 Å². The standard InChI is InChI=1S/C11H11F5/c1-3-4-5(2)6-7(12)9(14)11(16)10(15)8(6)13/h5H,3-4H2,1-2H3. The Morgan fingerprint density at radius 3 is 1.56 bits per heavy atom. The van der Waals surface area contributed by atoms with Gasteiger partial charge in [0.15, 0.2) is 23.3 Å². The second-order valence-corrected chi connectivity index (χ2v) is 3.67. The van der Waals surface area contributed by atoms with E-state index < -0.39 is 40.6 Å². The molecule has 1 aromatic rings. The second kappa shape index (κ2) is 4.80. The first-order valence-electron chi connectivity index (χ1n) is 4.93. The van der Waals surface area contributed by atoms with E-state index >= 15 is 0 Å². The molecule has 5 heteroatoms. The van der Waals surface area contributed by atoms with E-state index in [0.717, 1.165) is 0 Å². The van der Waals surface area contributed by atoms with Gasteiger partial charge in [-0.25, -0.2) is 22.0 Å². The summed E-state index contributed by atoms with van der Waals surface area (Å²) in [6, 6.07) is 0. The summed E-state index contributed by atoms with van der Waals surface area (Å²) in [6.07, 6.45) is 0.957. The molecule has 0 aliphatic carbocycles. The van der Waals surface area contributed by atoms with Crippen LogP contribution in [0.3, 0.4) is 0 Å². The van der Waals surface area contributed by atoms with Crippen molar-refractivity contribution in [2.24, 2.45) is 0 Å². The van der Waals surface area contributed by atoms with Gasteiger partial charge < -0.3 is 0 Å². The third kappa shape index (κ3) is 2.03. The molecule has 1 aromatic carbocycles. The molecule has 0 aliphatic heterocycles. The van der Waals surface area contributed by atoms with Gasteiger partial charge in [0.05, 0.1) is 0 Å². The fourth-order valence-electron chi connectivity index (χ4n) is 1.63. The van der Waals surface area contributed by atoms with Crippen molar-refractivity contribution in [2.75, 3.05) is 0 Å². The van der Waals surface area contributed by atoms with Crippen LogP contribution in [0.15, 0.2) is 0 Å². The Kier molecular flexibility index (Phi) is 3.88. The molecule has 90 valence electrons. The van der Waals surface area contributed by atoms with Gasteiger partial charge in [0, 0.05) is 5.56 Å². The minimum Gasteiger partial charge on any atom is -0.203 e. The van der Waals surface area contributed by atoms with E-state index in [1.165, 1.54) is 6.92 Å². The Labute approximate surface area is 90.1 Å². The van der Waals surface area contributed by atoms with Gasteiger partial charge >= 0.3 is 0 Å². The summed E-state index contributed by atoms with van der Waals surface area (Å²) < 4.78 is 64.9. The highest BCUT2D eigenvalue weighted by Crippen LogP contribution is 2.30. The fraction of sp³-hybridized carbons (Fsp3) is 0.455. The van der Waals surface area contributed by atoms with Crippen LogP contribution >= 0.6 is 0 Å². The molecule has 1 atom stereocenters. The summed E-state index contributed by atoms with van der Waals surface area (Å²) in [5.41, 5.74) is -0.724. The zero-order chi connectivity index (χ0) is 12.5. The zero-order valence-electron chi connectivity index (χ0n) is 8.88. The first-order chi connectivity index (χ1) is 7.41. The van der Waals surface area contributed by atoms with Gasteiger partial charge in [-0.15, -0.1) is 0 Å². The van der Waals surface area contributed by atoms with Crippen LogP contribution in [-0.2, 0) is 0 Å². The molecule has 0 nitrogen and oxygen atoms in total. The predicted octanol–water partition coefficient (Wildman–Crippen LogP) is 4.29. The van der Waals surface area contributed by atoms with E-state index in [1.54, 1.807) is 6.92 Å². The van der Waals surface area contributed by atoms with Crippen LogP contribution in [0.25, 0.3) is 0 Å². The number of rotatable bonds is 3. The Hall–Kier alpha value is -1.13. The van der Waals surface area contributed by atoms with Crippen LogP contribution in [0.4, 0.5) is 22.0 Å². The molecule has 0 aliphatic rings. The molecular weight excluding hydrogens is 227 g/mol. The molecule has 0 saturated carbocycles. The van der Waals surface area contributed by atoms with E-state index in [4.69, 9.17) is 0 Å². The summed E-state index contributed by atoms with van der Waals surface area (Å²) in [5, 5.41) is 0. The molecule has 1 unspecified atom stereocenters. The molecule has 1 rings (SSSR count).